The first-order chi connectivity index (χ1) is 6.66. The van der Waals surface area contributed by atoms with Crippen molar-refractivity contribution >= 4 is 12.1 Å². The highest BCUT2D eigenvalue weighted by atomic mass is 16.6. The molecule has 0 atom stereocenters. The Labute approximate surface area is 82.4 Å². The summed E-state index contributed by atoms with van der Waals surface area (Å²) < 4.78 is 0. The molecule has 0 heterocycles. The summed E-state index contributed by atoms with van der Waals surface area (Å²) >= 11 is 0. The standard InChI is InChI=1S/C10H12N2O2/c1-7-8(6-12-14-2)4-3-5-9(7)10(11)13/h3-6H,1-2H3,(H2,11,13)/b12-6+. The van der Waals surface area contributed by atoms with Gasteiger partial charge in [-0.2, -0.15) is 0 Å². The Morgan fingerprint density at radius 2 is 2.29 bits per heavy atom. The summed E-state index contributed by atoms with van der Waals surface area (Å²) in [5.74, 6) is -0.435. The predicted octanol–water partition coefficient (Wildman–Crippen LogP) is 1.07. The maximum Gasteiger partial charge on any atom is 0.248 e. The summed E-state index contributed by atoms with van der Waals surface area (Å²) in [6.07, 6.45) is 1.54. The van der Waals surface area contributed by atoms with Crippen molar-refractivity contribution in [1.82, 2.24) is 0 Å². The molecule has 0 aromatic heterocycles. The highest BCUT2D eigenvalue weighted by Gasteiger charge is 2.06. The molecule has 4 nitrogen and oxygen atoms in total. The van der Waals surface area contributed by atoms with E-state index in [-0.39, 0.29) is 0 Å². The summed E-state index contributed by atoms with van der Waals surface area (Å²) in [6.45, 7) is 1.82. The van der Waals surface area contributed by atoms with Crippen molar-refractivity contribution in [2.45, 2.75) is 6.92 Å². The normalized spacial score (nSPS) is 10.4. The SMILES string of the molecule is CO/N=C/c1cccc(C(N)=O)c1C. The number of amides is 1. The van der Waals surface area contributed by atoms with E-state index in [1.165, 1.54) is 7.11 Å². The lowest BCUT2D eigenvalue weighted by atomic mass is 10.0. The molecule has 0 radical (unpaired) electrons. The van der Waals surface area contributed by atoms with Crippen molar-refractivity contribution in [3.8, 4) is 0 Å². The summed E-state index contributed by atoms with van der Waals surface area (Å²) in [4.78, 5) is 15.5. The van der Waals surface area contributed by atoms with E-state index in [9.17, 15) is 4.79 Å². The number of hydrogen-bond donors (Lipinski definition) is 1. The maximum absolute atomic E-state index is 11.0. The van der Waals surface area contributed by atoms with Gasteiger partial charge in [0.1, 0.15) is 7.11 Å². The number of nitrogens with two attached hydrogens (primary N) is 1. The van der Waals surface area contributed by atoms with Crippen molar-refractivity contribution in [3.05, 3.63) is 34.9 Å². The fourth-order valence-corrected chi connectivity index (χ4v) is 1.17. The van der Waals surface area contributed by atoms with E-state index in [0.29, 0.717) is 5.56 Å². The zero-order valence-corrected chi connectivity index (χ0v) is 8.15. The Bertz CT molecular complexity index is 372. The predicted molar refractivity (Wildman–Crippen MR) is 54.3 cm³/mol. The molecule has 2 N–H and O–H groups in total. The molecule has 0 aliphatic carbocycles. The number of benzene rings is 1. The lowest BCUT2D eigenvalue weighted by molar-refractivity contribution is 0.0999. The summed E-state index contributed by atoms with van der Waals surface area (Å²) in [6, 6.07) is 5.27. The molecule has 1 amide bonds. The summed E-state index contributed by atoms with van der Waals surface area (Å²) in [5.41, 5.74) is 7.33. The molecule has 0 saturated carbocycles. The molecule has 0 aliphatic heterocycles. The Kier molecular flexibility index (Phi) is 3.23. The second-order valence-electron chi connectivity index (χ2n) is 2.80. The second kappa shape index (κ2) is 4.41. The first kappa shape index (κ1) is 10.2. The van der Waals surface area contributed by atoms with Crippen LogP contribution in [0.2, 0.25) is 0 Å². The minimum Gasteiger partial charge on any atom is -0.399 e. The van der Waals surface area contributed by atoms with E-state index in [4.69, 9.17) is 5.73 Å². The number of carbonyl (C=O) groups excluding carboxylic acids is 1. The molecule has 0 bridgehead atoms. The molecule has 74 valence electrons. The first-order valence-corrected chi connectivity index (χ1v) is 4.12. The maximum atomic E-state index is 11.0. The van der Waals surface area contributed by atoms with Crippen LogP contribution < -0.4 is 5.73 Å². The van der Waals surface area contributed by atoms with Crippen LogP contribution in [0.25, 0.3) is 0 Å². The number of oxime groups is 1. The van der Waals surface area contributed by atoms with Crippen LogP contribution in [0.5, 0.6) is 0 Å². The molecule has 0 unspecified atom stereocenters. The molecule has 14 heavy (non-hydrogen) atoms. The monoisotopic (exact) mass is 192 g/mol. The number of carbonyl (C=O) groups is 1. The fraction of sp³-hybridized carbons (Fsp3) is 0.200. The zero-order chi connectivity index (χ0) is 10.6. The third kappa shape index (κ3) is 2.10. The molecule has 1 aromatic rings. The van der Waals surface area contributed by atoms with Gasteiger partial charge >= 0.3 is 0 Å². The Morgan fingerprint density at radius 3 is 2.86 bits per heavy atom. The van der Waals surface area contributed by atoms with Crippen molar-refractivity contribution in [3.63, 3.8) is 0 Å². The quantitative estimate of drug-likeness (QED) is 0.575. The zero-order valence-electron chi connectivity index (χ0n) is 8.15. The van der Waals surface area contributed by atoms with Crippen LogP contribution >= 0.6 is 0 Å². The van der Waals surface area contributed by atoms with Gasteiger partial charge in [-0.05, 0) is 24.1 Å². The minimum absolute atomic E-state index is 0.435. The molecule has 0 fully saturated rings. The smallest absolute Gasteiger partial charge is 0.248 e. The first-order valence-electron chi connectivity index (χ1n) is 4.12. The van der Waals surface area contributed by atoms with Gasteiger partial charge in [0, 0.05) is 5.56 Å². The minimum atomic E-state index is -0.435. The van der Waals surface area contributed by atoms with Crippen LogP contribution in [0.15, 0.2) is 23.4 Å². The van der Waals surface area contributed by atoms with E-state index in [1.54, 1.807) is 18.3 Å². The second-order valence-corrected chi connectivity index (χ2v) is 2.80. The average Bonchev–Trinajstić information content (AvgIpc) is 2.16. The van der Waals surface area contributed by atoms with E-state index in [1.807, 2.05) is 13.0 Å². The molecular weight excluding hydrogens is 180 g/mol. The topological polar surface area (TPSA) is 64.7 Å². The third-order valence-electron chi connectivity index (χ3n) is 1.94. The van der Waals surface area contributed by atoms with Crippen molar-refractivity contribution in [2.75, 3.05) is 7.11 Å². The Balaban J connectivity index is 3.14. The molecular formula is C10H12N2O2. The van der Waals surface area contributed by atoms with Gasteiger partial charge in [0.15, 0.2) is 0 Å². The third-order valence-corrected chi connectivity index (χ3v) is 1.94. The van der Waals surface area contributed by atoms with Gasteiger partial charge < -0.3 is 10.6 Å². The number of hydrogen-bond acceptors (Lipinski definition) is 3. The van der Waals surface area contributed by atoms with Gasteiger partial charge in [-0.15, -0.1) is 0 Å². The average molecular weight is 192 g/mol. The van der Waals surface area contributed by atoms with Crippen molar-refractivity contribution in [1.29, 1.82) is 0 Å². The number of primary amides is 1. The highest BCUT2D eigenvalue weighted by Crippen LogP contribution is 2.11. The Hall–Kier alpha value is -1.84. The van der Waals surface area contributed by atoms with Crippen LogP contribution in [-0.4, -0.2) is 19.2 Å². The van der Waals surface area contributed by atoms with Crippen LogP contribution in [-0.2, 0) is 4.84 Å². The van der Waals surface area contributed by atoms with Crippen LogP contribution in [0.4, 0.5) is 0 Å². The number of nitrogens with zero attached hydrogens (tertiary/aromatic N) is 1. The van der Waals surface area contributed by atoms with Gasteiger partial charge in [-0.3, -0.25) is 4.79 Å². The van der Waals surface area contributed by atoms with Gasteiger partial charge in [-0.25, -0.2) is 0 Å². The lowest BCUT2D eigenvalue weighted by Gasteiger charge is -2.03. The van der Waals surface area contributed by atoms with Gasteiger partial charge in [0.05, 0.1) is 6.21 Å². The molecule has 0 aliphatic rings. The van der Waals surface area contributed by atoms with E-state index in [2.05, 4.69) is 9.99 Å². The fourth-order valence-electron chi connectivity index (χ4n) is 1.17. The molecule has 1 rings (SSSR count). The largest absolute Gasteiger partial charge is 0.399 e. The van der Waals surface area contributed by atoms with E-state index in [0.717, 1.165) is 11.1 Å². The summed E-state index contributed by atoms with van der Waals surface area (Å²) in [5, 5.41) is 3.63. The van der Waals surface area contributed by atoms with Gasteiger partial charge in [-0.1, -0.05) is 17.3 Å². The molecule has 0 spiro atoms. The van der Waals surface area contributed by atoms with Crippen LogP contribution in [0.3, 0.4) is 0 Å². The Morgan fingerprint density at radius 1 is 1.57 bits per heavy atom. The molecule has 0 saturated heterocycles. The van der Waals surface area contributed by atoms with Crippen LogP contribution in [0, 0.1) is 6.92 Å². The van der Waals surface area contributed by atoms with Crippen LogP contribution in [0.1, 0.15) is 21.5 Å². The number of rotatable bonds is 3. The van der Waals surface area contributed by atoms with Crippen molar-refractivity contribution < 1.29 is 9.63 Å². The van der Waals surface area contributed by atoms with E-state index >= 15 is 0 Å². The highest BCUT2D eigenvalue weighted by molar-refractivity contribution is 5.97. The molecule has 4 heteroatoms. The van der Waals surface area contributed by atoms with Gasteiger partial charge in [0.25, 0.3) is 0 Å². The summed E-state index contributed by atoms with van der Waals surface area (Å²) in [7, 11) is 1.46. The van der Waals surface area contributed by atoms with E-state index < -0.39 is 5.91 Å². The van der Waals surface area contributed by atoms with Crippen molar-refractivity contribution in [2.24, 2.45) is 10.9 Å². The molecule has 1 aromatic carbocycles. The lowest BCUT2D eigenvalue weighted by Crippen LogP contribution is -2.13. The van der Waals surface area contributed by atoms with Gasteiger partial charge in [0.2, 0.25) is 5.91 Å².